The topological polar surface area (TPSA) is 87.3 Å². The summed E-state index contributed by atoms with van der Waals surface area (Å²) in [7, 11) is 0. The number of carbonyl (C=O) groups excluding carboxylic acids is 3. The van der Waals surface area contributed by atoms with Crippen LogP contribution >= 0.6 is 0 Å². The second kappa shape index (κ2) is 9.42. The van der Waals surface area contributed by atoms with E-state index >= 15 is 0 Å². The van der Waals surface area contributed by atoms with Crippen LogP contribution in [0, 0.1) is 11.6 Å². The Labute approximate surface area is 155 Å². The highest BCUT2D eigenvalue weighted by Crippen LogP contribution is 2.14. The molecule has 6 nitrogen and oxygen atoms in total. The molecule has 0 atom stereocenters. The third-order valence-electron chi connectivity index (χ3n) is 3.53. The molecule has 0 aromatic heterocycles. The third-order valence-corrected chi connectivity index (χ3v) is 3.53. The summed E-state index contributed by atoms with van der Waals surface area (Å²) in [5.41, 5.74) is 0.947. The summed E-state index contributed by atoms with van der Waals surface area (Å²) in [6, 6.07) is 9.34. The average molecular weight is 375 g/mol. The van der Waals surface area contributed by atoms with Crippen LogP contribution in [0.15, 0.2) is 42.5 Å². The molecule has 0 unspecified atom stereocenters. The summed E-state index contributed by atoms with van der Waals surface area (Å²) in [5, 5.41) is 7.79. The standard InChI is InChI=1S/C19H19F2N3O3/c1-12(25)23-14-5-7-15(8-6-14)24-18(26)3-2-10-22-19(27)16-9-4-13(20)11-17(16)21/h4-9,11H,2-3,10H2,1H3,(H,22,27)(H,23,25)(H,24,26). The molecule has 8 heteroatoms. The fourth-order valence-corrected chi connectivity index (χ4v) is 2.28. The number of nitrogens with one attached hydrogen (secondary N) is 3. The Morgan fingerprint density at radius 3 is 2.15 bits per heavy atom. The third kappa shape index (κ3) is 6.50. The van der Waals surface area contributed by atoms with E-state index in [0.717, 1.165) is 12.1 Å². The van der Waals surface area contributed by atoms with Crippen molar-refractivity contribution in [2.75, 3.05) is 17.2 Å². The number of amides is 3. The Bertz CT molecular complexity index is 839. The highest BCUT2D eigenvalue weighted by Gasteiger charge is 2.12. The molecule has 0 fully saturated rings. The van der Waals surface area contributed by atoms with Gasteiger partial charge in [-0.1, -0.05) is 0 Å². The molecule has 3 N–H and O–H groups in total. The van der Waals surface area contributed by atoms with Crippen LogP contribution in [-0.2, 0) is 9.59 Å². The van der Waals surface area contributed by atoms with Crippen molar-refractivity contribution in [3.63, 3.8) is 0 Å². The van der Waals surface area contributed by atoms with Crippen LogP contribution in [0.4, 0.5) is 20.2 Å². The average Bonchev–Trinajstić information content (AvgIpc) is 2.60. The normalized spacial score (nSPS) is 10.2. The number of benzene rings is 2. The van der Waals surface area contributed by atoms with Gasteiger partial charge < -0.3 is 16.0 Å². The highest BCUT2D eigenvalue weighted by molar-refractivity contribution is 5.94. The van der Waals surface area contributed by atoms with E-state index in [2.05, 4.69) is 16.0 Å². The second-order valence-corrected chi connectivity index (χ2v) is 5.79. The number of halogens is 2. The van der Waals surface area contributed by atoms with E-state index in [1.54, 1.807) is 24.3 Å². The zero-order valence-electron chi connectivity index (χ0n) is 14.6. The SMILES string of the molecule is CC(=O)Nc1ccc(NC(=O)CCCNC(=O)c2ccc(F)cc2F)cc1. The van der Waals surface area contributed by atoms with Gasteiger partial charge in [0.1, 0.15) is 11.6 Å². The monoisotopic (exact) mass is 375 g/mol. The summed E-state index contributed by atoms with van der Waals surface area (Å²) < 4.78 is 26.3. The molecule has 2 aromatic rings. The maximum atomic E-state index is 13.5. The van der Waals surface area contributed by atoms with Gasteiger partial charge in [0.25, 0.3) is 5.91 Å². The van der Waals surface area contributed by atoms with Gasteiger partial charge in [0.05, 0.1) is 5.56 Å². The van der Waals surface area contributed by atoms with Crippen molar-refractivity contribution in [2.24, 2.45) is 0 Å². The molecule has 0 radical (unpaired) electrons. The van der Waals surface area contributed by atoms with Gasteiger partial charge in [-0.05, 0) is 42.8 Å². The van der Waals surface area contributed by atoms with Gasteiger partial charge in [-0.2, -0.15) is 0 Å². The maximum absolute atomic E-state index is 13.5. The molecule has 0 saturated heterocycles. The molecule has 0 aliphatic heterocycles. The quantitative estimate of drug-likeness (QED) is 0.650. The van der Waals surface area contributed by atoms with Crippen molar-refractivity contribution in [1.29, 1.82) is 0 Å². The van der Waals surface area contributed by atoms with Gasteiger partial charge in [0, 0.05) is 37.3 Å². The molecule has 0 saturated carbocycles. The molecule has 0 aliphatic rings. The van der Waals surface area contributed by atoms with E-state index < -0.39 is 17.5 Å². The largest absolute Gasteiger partial charge is 0.352 e. The first-order valence-electron chi connectivity index (χ1n) is 8.26. The van der Waals surface area contributed by atoms with Gasteiger partial charge in [-0.15, -0.1) is 0 Å². The number of anilines is 2. The smallest absolute Gasteiger partial charge is 0.254 e. The maximum Gasteiger partial charge on any atom is 0.254 e. The van der Waals surface area contributed by atoms with Crippen LogP contribution in [0.2, 0.25) is 0 Å². The minimum absolute atomic E-state index is 0.152. The molecule has 2 aromatic carbocycles. The molecule has 0 aliphatic carbocycles. The Kier molecular flexibility index (Phi) is 6.99. The van der Waals surface area contributed by atoms with Gasteiger partial charge >= 0.3 is 0 Å². The summed E-state index contributed by atoms with van der Waals surface area (Å²) in [6.07, 6.45) is 0.504. The van der Waals surface area contributed by atoms with Crippen LogP contribution < -0.4 is 16.0 Å². The first-order chi connectivity index (χ1) is 12.8. The lowest BCUT2D eigenvalue weighted by Gasteiger charge is -2.08. The zero-order valence-corrected chi connectivity index (χ0v) is 14.6. The first kappa shape index (κ1) is 20.0. The van der Waals surface area contributed by atoms with Gasteiger partial charge in [-0.25, -0.2) is 8.78 Å². The fraction of sp³-hybridized carbons (Fsp3) is 0.211. The molecule has 3 amide bonds. The van der Waals surface area contributed by atoms with Crippen LogP contribution in [-0.4, -0.2) is 24.3 Å². The lowest BCUT2D eigenvalue weighted by atomic mass is 10.2. The van der Waals surface area contributed by atoms with E-state index in [1.807, 2.05) is 0 Å². The number of hydrogen-bond acceptors (Lipinski definition) is 3. The van der Waals surface area contributed by atoms with E-state index in [4.69, 9.17) is 0 Å². The van der Waals surface area contributed by atoms with E-state index in [0.29, 0.717) is 23.9 Å². The fourth-order valence-electron chi connectivity index (χ4n) is 2.28. The van der Waals surface area contributed by atoms with E-state index in [1.165, 1.54) is 6.92 Å². The summed E-state index contributed by atoms with van der Waals surface area (Å²) in [5.74, 6) is -2.79. The van der Waals surface area contributed by atoms with Crippen molar-refractivity contribution >= 4 is 29.1 Å². The minimum Gasteiger partial charge on any atom is -0.352 e. The zero-order chi connectivity index (χ0) is 19.8. The molecule has 0 heterocycles. The minimum atomic E-state index is -0.937. The summed E-state index contributed by atoms with van der Waals surface area (Å²) in [4.78, 5) is 34.6. The summed E-state index contributed by atoms with van der Waals surface area (Å²) >= 11 is 0. The molecular formula is C19H19F2N3O3. The van der Waals surface area contributed by atoms with Crippen LogP contribution in [0.3, 0.4) is 0 Å². The van der Waals surface area contributed by atoms with Gasteiger partial charge in [0.2, 0.25) is 11.8 Å². The van der Waals surface area contributed by atoms with E-state index in [-0.39, 0.29) is 30.3 Å². The lowest BCUT2D eigenvalue weighted by Crippen LogP contribution is -2.26. The van der Waals surface area contributed by atoms with Crippen LogP contribution in [0.5, 0.6) is 0 Å². The molecule has 27 heavy (non-hydrogen) atoms. The van der Waals surface area contributed by atoms with Crippen molar-refractivity contribution in [2.45, 2.75) is 19.8 Å². The van der Waals surface area contributed by atoms with Crippen molar-refractivity contribution in [3.05, 3.63) is 59.7 Å². The van der Waals surface area contributed by atoms with Crippen molar-refractivity contribution in [1.82, 2.24) is 5.32 Å². The van der Waals surface area contributed by atoms with Gasteiger partial charge in [0.15, 0.2) is 0 Å². The first-order valence-corrected chi connectivity index (χ1v) is 8.26. The summed E-state index contributed by atoms with van der Waals surface area (Å²) in [6.45, 7) is 1.57. The second-order valence-electron chi connectivity index (χ2n) is 5.79. The lowest BCUT2D eigenvalue weighted by molar-refractivity contribution is -0.116. The number of carbonyl (C=O) groups is 3. The van der Waals surface area contributed by atoms with Crippen molar-refractivity contribution < 1.29 is 23.2 Å². The Balaban J connectivity index is 1.72. The number of hydrogen-bond donors (Lipinski definition) is 3. The highest BCUT2D eigenvalue weighted by atomic mass is 19.1. The molecule has 0 spiro atoms. The van der Waals surface area contributed by atoms with E-state index in [9.17, 15) is 23.2 Å². The Morgan fingerprint density at radius 2 is 1.56 bits per heavy atom. The molecule has 142 valence electrons. The molecule has 2 rings (SSSR count). The van der Waals surface area contributed by atoms with Crippen LogP contribution in [0.25, 0.3) is 0 Å². The predicted octanol–water partition coefficient (Wildman–Crippen LogP) is 3.07. The Morgan fingerprint density at radius 1 is 0.926 bits per heavy atom. The predicted molar refractivity (Wildman–Crippen MR) is 97.3 cm³/mol. The Hall–Kier alpha value is -3.29. The molecule has 0 bridgehead atoms. The molecular weight excluding hydrogens is 356 g/mol. The van der Waals surface area contributed by atoms with Crippen LogP contribution in [0.1, 0.15) is 30.1 Å². The van der Waals surface area contributed by atoms with Crippen molar-refractivity contribution in [3.8, 4) is 0 Å². The number of rotatable bonds is 7. The van der Waals surface area contributed by atoms with Gasteiger partial charge in [-0.3, -0.25) is 14.4 Å².